The van der Waals surface area contributed by atoms with E-state index in [-0.39, 0.29) is 21.3 Å². The molecule has 2 rings (SSSR count). The van der Waals surface area contributed by atoms with Crippen molar-refractivity contribution in [1.82, 2.24) is 9.71 Å². The van der Waals surface area contributed by atoms with Crippen molar-refractivity contribution in [3.05, 3.63) is 28.7 Å². The van der Waals surface area contributed by atoms with Crippen LogP contribution in [-0.4, -0.2) is 19.9 Å². The van der Waals surface area contributed by atoms with Crippen LogP contribution >= 0.6 is 0 Å². The van der Waals surface area contributed by atoms with E-state index in [0.29, 0.717) is 12.5 Å². The molecule has 0 atom stereocenters. The van der Waals surface area contributed by atoms with E-state index in [0.717, 1.165) is 0 Å². The molecule has 1 aromatic rings. The van der Waals surface area contributed by atoms with Crippen molar-refractivity contribution in [3.63, 3.8) is 0 Å². The number of hydrogen-bond donors (Lipinski definition) is 2. The van der Waals surface area contributed by atoms with Gasteiger partial charge in [-0.15, -0.1) is 0 Å². The van der Waals surface area contributed by atoms with Crippen molar-refractivity contribution < 1.29 is 8.42 Å². The third-order valence-electron chi connectivity index (χ3n) is 4.86. The molecule has 0 saturated heterocycles. The lowest BCUT2D eigenvalue weighted by molar-refractivity contribution is 0.457. The minimum atomic E-state index is -3.55. The molecule has 1 aliphatic rings. The number of rotatable bonds is 4. The van der Waals surface area contributed by atoms with Crippen LogP contribution in [0.3, 0.4) is 0 Å². The van der Waals surface area contributed by atoms with Crippen LogP contribution in [0, 0.1) is 16.7 Å². The summed E-state index contributed by atoms with van der Waals surface area (Å²) in [6, 6.07) is 2.52. The second kappa shape index (κ2) is 4.18. The zero-order valence-corrected chi connectivity index (χ0v) is 12.5. The summed E-state index contributed by atoms with van der Waals surface area (Å²) >= 11 is 0. The fraction of sp³-hybridized carbons (Fsp3) is 0.615. The first-order valence-electron chi connectivity index (χ1n) is 6.27. The smallest absolute Gasteiger partial charge is 0.247 e. The van der Waals surface area contributed by atoms with Crippen LogP contribution in [0.4, 0.5) is 0 Å². The van der Waals surface area contributed by atoms with Gasteiger partial charge in [-0.1, -0.05) is 27.7 Å². The fourth-order valence-electron chi connectivity index (χ4n) is 2.68. The van der Waals surface area contributed by atoms with Crippen molar-refractivity contribution in [2.24, 2.45) is 16.7 Å². The summed E-state index contributed by atoms with van der Waals surface area (Å²) in [5.74, 6) is 0.317. The highest BCUT2D eigenvalue weighted by atomic mass is 32.2. The summed E-state index contributed by atoms with van der Waals surface area (Å²) < 4.78 is 26.7. The Kier molecular flexibility index (Phi) is 3.14. The molecule has 2 N–H and O–H groups in total. The molecule has 0 radical (unpaired) electrons. The molecule has 0 bridgehead atoms. The van der Waals surface area contributed by atoms with Crippen LogP contribution < -0.4 is 10.3 Å². The van der Waals surface area contributed by atoms with Crippen molar-refractivity contribution in [1.29, 1.82) is 0 Å². The number of pyridine rings is 1. The Bertz CT molecular complexity index is 610. The maximum absolute atomic E-state index is 12.1. The van der Waals surface area contributed by atoms with Crippen LogP contribution in [0.1, 0.15) is 27.7 Å². The molecule has 1 aromatic heterocycles. The Balaban J connectivity index is 2.08. The van der Waals surface area contributed by atoms with Gasteiger partial charge in [0.15, 0.2) is 0 Å². The van der Waals surface area contributed by atoms with Gasteiger partial charge in [0, 0.05) is 18.8 Å². The summed E-state index contributed by atoms with van der Waals surface area (Å²) in [5.41, 5.74) is -0.0375. The van der Waals surface area contributed by atoms with Gasteiger partial charge >= 0.3 is 0 Å². The second-order valence-electron chi connectivity index (χ2n) is 6.24. The van der Waals surface area contributed by atoms with E-state index in [1.165, 1.54) is 18.3 Å². The molecule has 0 spiro atoms. The lowest BCUT2D eigenvalue weighted by Crippen LogP contribution is -2.27. The van der Waals surface area contributed by atoms with Gasteiger partial charge in [-0.05, 0) is 22.8 Å². The molecule has 1 fully saturated rings. The third kappa shape index (κ3) is 2.34. The molecule has 1 heterocycles. The average Bonchev–Trinajstić information content (AvgIpc) is 2.67. The van der Waals surface area contributed by atoms with Gasteiger partial charge in [-0.3, -0.25) is 4.79 Å². The average molecular weight is 284 g/mol. The van der Waals surface area contributed by atoms with E-state index in [2.05, 4.69) is 37.4 Å². The van der Waals surface area contributed by atoms with Gasteiger partial charge in [0.1, 0.15) is 0 Å². The minimum absolute atomic E-state index is 0.0864. The van der Waals surface area contributed by atoms with Gasteiger partial charge in [-0.25, -0.2) is 13.1 Å². The SMILES string of the molecule is CC1(C)C(CNS(=O)(=O)c2ccc(=O)[nH]c2)C1(C)C. The van der Waals surface area contributed by atoms with Crippen molar-refractivity contribution in [3.8, 4) is 0 Å². The van der Waals surface area contributed by atoms with Crippen molar-refractivity contribution >= 4 is 10.0 Å². The molecule has 6 heteroatoms. The summed E-state index contributed by atoms with van der Waals surface area (Å²) in [5, 5.41) is 0. The Morgan fingerprint density at radius 2 is 1.79 bits per heavy atom. The predicted octanol–water partition coefficient (Wildman–Crippen LogP) is 1.34. The summed E-state index contributed by atoms with van der Waals surface area (Å²) in [6.07, 6.45) is 1.22. The zero-order valence-electron chi connectivity index (χ0n) is 11.6. The van der Waals surface area contributed by atoms with Crippen molar-refractivity contribution in [2.75, 3.05) is 6.54 Å². The van der Waals surface area contributed by atoms with Crippen LogP contribution in [0.25, 0.3) is 0 Å². The minimum Gasteiger partial charge on any atom is -0.328 e. The van der Waals surface area contributed by atoms with E-state index in [9.17, 15) is 13.2 Å². The van der Waals surface area contributed by atoms with E-state index in [1.54, 1.807) is 0 Å². The molecule has 1 aliphatic carbocycles. The number of hydrogen-bond acceptors (Lipinski definition) is 3. The van der Waals surface area contributed by atoms with Crippen LogP contribution in [0.5, 0.6) is 0 Å². The topological polar surface area (TPSA) is 79.0 Å². The first kappa shape index (κ1) is 14.3. The van der Waals surface area contributed by atoms with Gasteiger partial charge < -0.3 is 4.98 Å². The Morgan fingerprint density at radius 1 is 1.21 bits per heavy atom. The molecule has 106 valence electrons. The highest BCUT2D eigenvalue weighted by Gasteiger charge is 2.64. The van der Waals surface area contributed by atoms with Gasteiger partial charge in [0.05, 0.1) is 4.90 Å². The number of aromatic amines is 1. The van der Waals surface area contributed by atoms with Crippen LogP contribution in [0.2, 0.25) is 0 Å². The lowest BCUT2D eigenvalue weighted by Gasteiger charge is -2.07. The maximum atomic E-state index is 12.1. The zero-order chi connectivity index (χ0) is 14.5. The Hall–Kier alpha value is -1.14. The molecule has 19 heavy (non-hydrogen) atoms. The highest BCUT2D eigenvalue weighted by Crippen LogP contribution is 2.67. The van der Waals surface area contributed by atoms with Gasteiger partial charge in [0.25, 0.3) is 0 Å². The monoisotopic (exact) mass is 284 g/mol. The van der Waals surface area contributed by atoms with E-state index < -0.39 is 10.0 Å². The normalized spacial score (nSPS) is 21.3. The van der Waals surface area contributed by atoms with Gasteiger partial charge in [-0.2, -0.15) is 0 Å². The van der Waals surface area contributed by atoms with E-state index in [1.807, 2.05) is 0 Å². The maximum Gasteiger partial charge on any atom is 0.247 e. The highest BCUT2D eigenvalue weighted by molar-refractivity contribution is 7.89. The molecule has 1 saturated carbocycles. The molecular formula is C13H20N2O3S. The first-order chi connectivity index (χ1) is 8.59. The number of aromatic nitrogens is 1. The summed E-state index contributed by atoms with van der Waals surface area (Å²) in [6.45, 7) is 9.00. The third-order valence-corrected chi connectivity index (χ3v) is 6.28. The Labute approximate surface area is 113 Å². The molecule has 0 aromatic carbocycles. The number of sulfonamides is 1. The first-order valence-corrected chi connectivity index (χ1v) is 7.76. The fourth-order valence-corrected chi connectivity index (χ4v) is 3.70. The lowest BCUT2D eigenvalue weighted by atomic mass is 10.0. The quantitative estimate of drug-likeness (QED) is 0.875. The second-order valence-corrected chi connectivity index (χ2v) is 8.00. The predicted molar refractivity (Wildman–Crippen MR) is 73.3 cm³/mol. The molecule has 0 amide bonds. The summed E-state index contributed by atoms with van der Waals surface area (Å²) in [4.78, 5) is 13.4. The van der Waals surface area contributed by atoms with E-state index >= 15 is 0 Å². The number of H-pyrrole nitrogens is 1. The summed E-state index contributed by atoms with van der Waals surface area (Å²) in [7, 11) is -3.55. The molecule has 0 aliphatic heterocycles. The molecule has 0 unspecified atom stereocenters. The Morgan fingerprint density at radius 3 is 2.21 bits per heavy atom. The van der Waals surface area contributed by atoms with Crippen LogP contribution in [0.15, 0.2) is 28.0 Å². The standard InChI is InChI=1S/C13H20N2O3S/c1-12(2)10(13(12,3)4)8-15-19(17,18)9-5-6-11(16)14-7-9/h5-7,10,15H,8H2,1-4H3,(H,14,16). The van der Waals surface area contributed by atoms with E-state index in [4.69, 9.17) is 0 Å². The largest absolute Gasteiger partial charge is 0.328 e. The molecular weight excluding hydrogens is 264 g/mol. The van der Waals surface area contributed by atoms with Crippen molar-refractivity contribution in [2.45, 2.75) is 32.6 Å². The number of nitrogens with one attached hydrogen (secondary N) is 2. The van der Waals surface area contributed by atoms with Crippen LogP contribution in [-0.2, 0) is 10.0 Å². The van der Waals surface area contributed by atoms with Gasteiger partial charge in [0.2, 0.25) is 15.6 Å². The molecule has 5 nitrogen and oxygen atoms in total.